The Morgan fingerprint density at radius 3 is 2.65 bits per heavy atom. The van der Waals surface area contributed by atoms with Gasteiger partial charge in [-0.1, -0.05) is 66.8 Å². The SMILES string of the molecule is CC1=CC2C(C=C1)c1ccc(C)cc1C21CCCCC1. The molecular weight excluding hydrogens is 240 g/mol. The fourth-order valence-electron chi connectivity index (χ4n) is 4.97. The van der Waals surface area contributed by atoms with E-state index < -0.39 is 0 Å². The zero-order valence-corrected chi connectivity index (χ0v) is 12.7. The predicted octanol–water partition coefficient (Wildman–Crippen LogP) is 5.43. The summed E-state index contributed by atoms with van der Waals surface area (Å²) in [6.07, 6.45) is 14.4. The van der Waals surface area contributed by atoms with Crippen molar-refractivity contribution < 1.29 is 0 Å². The molecule has 0 amide bonds. The highest BCUT2D eigenvalue weighted by Crippen LogP contribution is 2.59. The molecule has 1 fully saturated rings. The van der Waals surface area contributed by atoms with Crippen molar-refractivity contribution in [1.82, 2.24) is 0 Å². The Labute approximate surface area is 122 Å². The molecule has 0 bridgehead atoms. The summed E-state index contributed by atoms with van der Waals surface area (Å²) in [7, 11) is 0. The molecule has 0 heteroatoms. The highest BCUT2D eigenvalue weighted by Gasteiger charge is 2.50. The normalized spacial score (nSPS) is 30.0. The number of allylic oxidation sites excluding steroid dienone is 4. The van der Waals surface area contributed by atoms with E-state index in [1.807, 2.05) is 0 Å². The standard InChI is InChI=1S/C20H24/c1-14-6-8-16-17-9-7-15(2)13-19(17)20(18(16)12-14)10-4-3-5-11-20/h6-9,12-13,16,18H,3-5,10-11H2,1-2H3. The molecule has 0 saturated heterocycles. The Morgan fingerprint density at radius 2 is 1.85 bits per heavy atom. The van der Waals surface area contributed by atoms with Crippen molar-refractivity contribution in [3.63, 3.8) is 0 Å². The van der Waals surface area contributed by atoms with Crippen LogP contribution in [-0.4, -0.2) is 0 Å². The van der Waals surface area contributed by atoms with E-state index in [9.17, 15) is 0 Å². The molecule has 1 saturated carbocycles. The van der Waals surface area contributed by atoms with Crippen LogP contribution in [-0.2, 0) is 5.41 Å². The summed E-state index contributed by atoms with van der Waals surface area (Å²) in [6, 6.07) is 7.21. The van der Waals surface area contributed by atoms with E-state index in [1.54, 1.807) is 11.1 Å². The van der Waals surface area contributed by atoms with Crippen LogP contribution in [0.4, 0.5) is 0 Å². The summed E-state index contributed by atoms with van der Waals surface area (Å²) in [5, 5.41) is 0. The van der Waals surface area contributed by atoms with Crippen LogP contribution in [0.1, 0.15) is 61.6 Å². The minimum absolute atomic E-state index is 0.441. The summed E-state index contributed by atoms with van der Waals surface area (Å²) in [6.45, 7) is 4.51. The van der Waals surface area contributed by atoms with E-state index in [1.165, 1.54) is 43.2 Å². The smallest absolute Gasteiger partial charge is 0.00957 e. The van der Waals surface area contributed by atoms with Crippen molar-refractivity contribution in [3.05, 3.63) is 58.7 Å². The van der Waals surface area contributed by atoms with Crippen LogP contribution < -0.4 is 0 Å². The Morgan fingerprint density at radius 1 is 1.05 bits per heavy atom. The lowest BCUT2D eigenvalue weighted by atomic mass is 9.63. The maximum atomic E-state index is 2.57. The van der Waals surface area contributed by atoms with Crippen molar-refractivity contribution in [2.75, 3.05) is 0 Å². The predicted molar refractivity (Wildman–Crippen MR) is 85.1 cm³/mol. The number of rotatable bonds is 0. The largest absolute Gasteiger partial charge is 0.0767 e. The zero-order chi connectivity index (χ0) is 13.7. The van der Waals surface area contributed by atoms with Gasteiger partial charge >= 0.3 is 0 Å². The van der Waals surface area contributed by atoms with Gasteiger partial charge in [0.15, 0.2) is 0 Å². The van der Waals surface area contributed by atoms with Gasteiger partial charge in [-0.25, -0.2) is 0 Å². The first-order valence-corrected chi connectivity index (χ1v) is 8.18. The van der Waals surface area contributed by atoms with Gasteiger partial charge in [0, 0.05) is 11.3 Å². The second kappa shape index (κ2) is 4.35. The quantitative estimate of drug-likeness (QED) is 0.586. The fourth-order valence-corrected chi connectivity index (χ4v) is 4.97. The second-order valence-electron chi connectivity index (χ2n) is 7.13. The van der Waals surface area contributed by atoms with Crippen LogP contribution in [0.5, 0.6) is 0 Å². The molecule has 20 heavy (non-hydrogen) atoms. The molecule has 3 aliphatic carbocycles. The number of hydrogen-bond acceptors (Lipinski definition) is 0. The van der Waals surface area contributed by atoms with Crippen LogP contribution >= 0.6 is 0 Å². The van der Waals surface area contributed by atoms with Crippen molar-refractivity contribution in [1.29, 1.82) is 0 Å². The van der Waals surface area contributed by atoms with Gasteiger partial charge in [-0.05, 0) is 43.7 Å². The summed E-state index contributed by atoms with van der Waals surface area (Å²) in [5.41, 5.74) is 6.62. The molecule has 0 heterocycles. The fraction of sp³-hybridized carbons (Fsp3) is 0.500. The molecule has 0 aromatic heterocycles. The molecule has 0 N–H and O–H groups in total. The van der Waals surface area contributed by atoms with Crippen LogP contribution in [0, 0.1) is 12.8 Å². The van der Waals surface area contributed by atoms with E-state index in [0.717, 1.165) is 0 Å². The summed E-state index contributed by atoms with van der Waals surface area (Å²) in [4.78, 5) is 0. The van der Waals surface area contributed by atoms with Gasteiger partial charge in [0.1, 0.15) is 0 Å². The maximum Gasteiger partial charge on any atom is 0.00957 e. The maximum absolute atomic E-state index is 2.57. The van der Waals surface area contributed by atoms with Gasteiger partial charge < -0.3 is 0 Å². The average molecular weight is 264 g/mol. The molecule has 1 aromatic carbocycles. The Bertz CT molecular complexity index is 596. The average Bonchev–Trinajstić information content (AvgIpc) is 2.70. The third kappa shape index (κ3) is 1.60. The number of hydrogen-bond donors (Lipinski definition) is 0. The van der Waals surface area contributed by atoms with Gasteiger partial charge in [0.05, 0.1) is 0 Å². The zero-order valence-electron chi connectivity index (χ0n) is 12.7. The first-order chi connectivity index (χ1) is 9.71. The van der Waals surface area contributed by atoms with Crippen molar-refractivity contribution in [2.24, 2.45) is 5.92 Å². The van der Waals surface area contributed by atoms with Crippen molar-refractivity contribution >= 4 is 0 Å². The number of benzene rings is 1. The molecule has 0 aliphatic heterocycles. The number of aryl methyl sites for hydroxylation is 1. The number of fused-ring (bicyclic) bond motifs is 5. The summed E-state index contributed by atoms with van der Waals surface area (Å²) >= 11 is 0. The van der Waals surface area contributed by atoms with E-state index in [0.29, 0.717) is 17.3 Å². The lowest BCUT2D eigenvalue weighted by Gasteiger charge is -2.41. The Balaban J connectivity index is 1.92. The summed E-state index contributed by atoms with van der Waals surface area (Å²) < 4.78 is 0. The first-order valence-electron chi connectivity index (χ1n) is 8.18. The second-order valence-corrected chi connectivity index (χ2v) is 7.13. The topological polar surface area (TPSA) is 0 Å². The molecule has 0 radical (unpaired) electrons. The van der Waals surface area contributed by atoms with Gasteiger partial charge in [0.25, 0.3) is 0 Å². The Hall–Kier alpha value is -1.30. The van der Waals surface area contributed by atoms with Crippen LogP contribution in [0.2, 0.25) is 0 Å². The van der Waals surface area contributed by atoms with Gasteiger partial charge in [-0.2, -0.15) is 0 Å². The van der Waals surface area contributed by atoms with Crippen molar-refractivity contribution in [2.45, 2.75) is 57.3 Å². The van der Waals surface area contributed by atoms with E-state index in [2.05, 4.69) is 50.3 Å². The highest BCUT2D eigenvalue weighted by atomic mass is 14.5. The molecule has 1 aromatic rings. The minimum atomic E-state index is 0.441. The molecule has 4 rings (SSSR count). The Kier molecular flexibility index (Phi) is 2.70. The molecule has 1 spiro atoms. The molecule has 2 unspecified atom stereocenters. The van der Waals surface area contributed by atoms with Gasteiger partial charge in [-0.3, -0.25) is 0 Å². The van der Waals surface area contributed by atoms with Crippen molar-refractivity contribution in [3.8, 4) is 0 Å². The third-order valence-corrected chi connectivity index (χ3v) is 5.88. The molecular formula is C20H24. The van der Waals surface area contributed by atoms with Crippen LogP contribution in [0.25, 0.3) is 0 Å². The molecule has 104 valence electrons. The summed E-state index contributed by atoms with van der Waals surface area (Å²) in [5.74, 6) is 1.34. The van der Waals surface area contributed by atoms with E-state index >= 15 is 0 Å². The van der Waals surface area contributed by atoms with E-state index in [4.69, 9.17) is 0 Å². The highest BCUT2D eigenvalue weighted by molar-refractivity contribution is 5.52. The molecule has 2 atom stereocenters. The lowest BCUT2D eigenvalue weighted by molar-refractivity contribution is 0.232. The van der Waals surface area contributed by atoms with Gasteiger partial charge in [0.2, 0.25) is 0 Å². The molecule has 3 aliphatic rings. The van der Waals surface area contributed by atoms with Crippen LogP contribution in [0.3, 0.4) is 0 Å². The molecule has 0 nitrogen and oxygen atoms in total. The first kappa shape index (κ1) is 12.4. The van der Waals surface area contributed by atoms with Crippen LogP contribution in [0.15, 0.2) is 42.0 Å². The third-order valence-electron chi connectivity index (χ3n) is 5.88. The van der Waals surface area contributed by atoms with Gasteiger partial charge in [-0.15, -0.1) is 0 Å². The monoisotopic (exact) mass is 264 g/mol. The lowest BCUT2D eigenvalue weighted by Crippen LogP contribution is -2.34. The minimum Gasteiger partial charge on any atom is -0.0767 e. The van der Waals surface area contributed by atoms with E-state index in [-0.39, 0.29) is 0 Å².